The lowest BCUT2D eigenvalue weighted by Gasteiger charge is -2.13. The van der Waals surface area contributed by atoms with Crippen LogP contribution in [0.4, 0.5) is 5.82 Å². The molecule has 3 N–H and O–H groups in total. The summed E-state index contributed by atoms with van der Waals surface area (Å²) in [4.78, 5) is 16.2. The van der Waals surface area contributed by atoms with E-state index in [-0.39, 0.29) is 17.6 Å². The quantitative estimate of drug-likeness (QED) is 0.323. The third kappa shape index (κ3) is 5.73. The Bertz CT molecular complexity index is 902. The lowest BCUT2D eigenvalue weighted by Crippen LogP contribution is -2.26. The Morgan fingerprint density at radius 1 is 1.31 bits per heavy atom. The minimum atomic E-state index is 0.193. The molecule has 152 valence electrons. The number of carbonyl (C=O) groups excluding carboxylic acids is 1. The van der Waals surface area contributed by atoms with Crippen LogP contribution < -0.4 is 16.1 Å². The molecule has 7 nitrogen and oxygen atoms in total. The fourth-order valence-corrected chi connectivity index (χ4v) is 2.95. The average Bonchev–Trinajstić information content (AvgIpc) is 3.51. The van der Waals surface area contributed by atoms with Crippen LogP contribution in [0.2, 0.25) is 0 Å². The predicted octanol–water partition coefficient (Wildman–Crippen LogP) is 1.31. The lowest BCUT2D eigenvalue weighted by atomic mass is 10.00. The van der Waals surface area contributed by atoms with Crippen molar-refractivity contribution in [2.75, 3.05) is 13.1 Å². The first-order valence-electron chi connectivity index (χ1n) is 10.1. The number of benzene rings is 1. The molecule has 0 bridgehead atoms. The zero-order chi connectivity index (χ0) is 20.6. The molecule has 1 aromatic carbocycles. The van der Waals surface area contributed by atoms with Gasteiger partial charge in [0.25, 0.3) is 0 Å². The standard InChI is InChI=1S/C21H28BN5O2/c1-2-19(23-11-5-6-12-24-21(29)15-9-10-15)27-20(17(22)14-26-27)25-13-16-7-3-4-8-18(16)28/h2-4,7-8,13-15,23,28H,5-6,9-12,22H2,1H3,(H,24,29)/b19-2-,25-13+. The van der Waals surface area contributed by atoms with E-state index in [4.69, 9.17) is 0 Å². The Hall–Kier alpha value is -3.03. The predicted molar refractivity (Wildman–Crippen MR) is 119 cm³/mol. The number of nitrogens with zero attached hydrogens (tertiary/aromatic N) is 3. The summed E-state index contributed by atoms with van der Waals surface area (Å²) >= 11 is 0. The van der Waals surface area contributed by atoms with Crippen LogP contribution >= 0.6 is 0 Å². The molecule has 0 aliphatic heterocycles. The van der Waals surface area contributed by atoms with Gasteiger partial charge in [-0.05, 0) is 56.3 Å². The Labute approximate surface area is 172 Å². The number of aromatic hydroxyl groups is 1. The van der Waals surface area contributed by atoms with Crippen molar-refractivity contribution in [2.24, 2.45) is 10.9 Å². The zero-order valence-corrected chi connectivity index (χ0v) is 17.1. The summed E-state index contributed by atoms with van der Waals surface area (Å²) in [5.74, 6) is 2.22. The van der Waals surface area contributed by atoms with E-state index in [1.165, 1.54) is 0 Å². The topological polar surface area (TPSA) is 91.5 Å². The SMILES string of the molecule is Bc1cnn(/C(=C\C)NCCCCNC(=O)C2CC2)c1/N=C/c1ccccc1O. The summed E-state index contributed by atoms with van der Waals surface area (Å²) in [6.07, 6.45) is 9.33. The van der Waals surface area contributed by atoms with E-state index in [0.717, 1.165) is 50.1 Å². The van der Waals surface area contributed by atoms with Gasteiger partial charge in [-0.2, -0.15) is 5.10 Å². The molecule has 1 aromatic heterocycles. The molecule has 1 amide bonds. The van der Waals surface area contributed by atoms with Gasteiger partial charge in [0.1, 0.15) is 19.4 Å². The van der Waals surface area contributed by atoms with Crippen LogP contribution in [0.15, 0.2) is 41.5 Å². The second kappa shape index (κ2) is 9.95. The van der Waals surface area contributed by atoms with Gasteiger partial charge in [-0.3, -0.25) is 4.79 Å². The number of phenols is 1. The summed E-state index contributed by atoms with van der Waals surface area (Å²) in [5, 5.41) is 20.8. The van der Waals surface area contributed by atoms with Crippen LogP contribution in [0.25, 0.3) is 5.82 Å². The highest BCUT2D eigenvalue weighted by Gasteiger charge is 2.28. The minimum absolute atomic E-state index is 0.193. The second-order valence-electron chi connectivity index (χ2n) is 7.25. The maximum atomic E-state index is 11.6. The molecule has 3 rings (SSSR count). The summed E-state index contributed by atoms with van der Waals surface area (Å²) < 4.78 is 1.76. The first-order chi connectivity index (χ1) is 14.1. The van der Waals surface area contributed by atoms with Gasteiger partial charge in [0, 0.05) is 37.0 Å². The van der Waals surface area contributed by atoms with Gasteiger partial charge in [0.2, 0.25) is 5.91 Å². The number of hydrogen-bond donors (Lipinski definition) is 3. The molecule has 1 fully saturated rings. The van der Waals surface area contributed by atoms with Crippen molar-refractivity contribution < 1.29 is 9.90 Å². The van der Waals surface area contributed by atoms with Crippen molar-refractivity contribution in [2.45, 2.75) is 32.6 Å². The molecule has 0 saturated heterocycles. The molecular weight excluding hydrogens is 365 g/mol. The Morgan fingerprint density at radius 3 is 2.72 bits per heavy atom. The van der Waals surface area contributed by atoms with E-state index >= 15 is 0 Å². The van der Waals surface area contributed by atoms with E-state index in [0.29, 0.717) is 11.4 Å². The minimum Gasteiger partial charge on any atom is -0.507 e. The highest BCUT2D eigenvalue weighted by Crippen LogP contribution is 2.28. The number of carbonyl (C=O) groups is 1. The van der Waals surface area contributed by atoms with Gasteiger partial charge in [0.05, 0.1) is 0 Å². The van der Waals surface area contributed by atoms with Gasteiger partial charge in [-0.15, -0.1) is 0 Å². The highest BCUT2D eigenvalue weighted by atomic mass is 16.3. The average molecular weight is 393 g/mol. The second-order valence-corrected chi connectivity index (χ2v) is 7.25. The third-order valence-corrected chi connectivity index (χ3v) is 4.84. The van der Waals surface area contributed by atoms with E-state index in [1.807, 2.05) is 33.0 Å². The van der Waals surface area contributed by atoms with Crippen molar-refractivity contribution >= 4 is 37.1 Å². The van der Waals surface area contributed by atoms with Crippen LogP contribution in [0, 0.1) is 5.92 Å². The van der Waals surface area contributed by atoms with Crippen molar-refractivity contribution in [3.05, 3.63) is 42.1 Å². The molecule has 1 heterocycles. The maximum absolute atomic E-state index is 11.6. The van der Waals surface area contributed by atoms with Crippen molar-refractivity contribution in [3.63, 3.8) is 0 Å². The number of nitrogens with one attached hydrogen (secondary N) is 2. The Morgan fingerprint density at radius 2 is 2.03 bits per heavy atom. The normalized spacial score (nSPS) is 14.3. The van der Waals surface area contributed by atoms with Gasteiger partial charge < -0.3 is 15.7 Å². The Kier molecular flexibility index (Phi) is 7.11. The molecular formula is C21H28BN5O2. The number of amides is 1. The number of aliphatic imine (C=N–C) groups is 1. The van der Waals surface area contributed by atoms with Gasteiger partial charge in [0.15, 0.2) is 5.82 Å². The molecule has 1 aliphatic rings. The summed E-state index contributed by atoms with van der Waals surface area (Å²) in [5.41, 5.74) is 1.60. The van der Waals surface area contributed by atoms with E-state index in [9.17, 15) is 9.90 Å². The van der Waals surface area contributed by atoms with Gasteiger partial charge in [-0.25, -0.2) is 9.67 Å². The number of unbranched alkanes of at least 4 members (excludes halogenated alkanes) is 1. The molecule has 2 aromatic rings. The molecule has 29 heavy (non-hydrogen) atoms. The number of phenolic OH excluding ortho intramolecular Hbond substituents is 1. The molecule has 1 aliphatic carbocycles. The lowest BCUT2D eigenvalue weighted by molar-refractivity contribution is -0.122. The van der Waals surface area contributed by atoms with E-state index in [2.05, 4.69) is 20.7 Å². The van der Waals surface area contributed by atoms with Crippen LogP contribution in [0.5, 0.6) is 5.75 Å². The maximum Gasteiger partial charge on any atom is 0.223 e. The zero-order valence-electron chi connectivity index (χ0n) is 17.1. The van der Waals surface area contributed by atoms with Crippen molar-refractivity contribution in [3.8, 4) is 5.75 Å². The molecule has 0 spiro atoms. The van der Waals surface area contributed by atoms with Crippen LogP contribution in [0.3, 0.4) is 0 Å². The number of hydrogen-bond acceptors (Lipinski definition) is 5. The Balaban J connectivity index is 1.54. The number of para-hydroxylation sites is 1. The number of rotatable bonds is 10. The molecule has 0 atom stereocenters. The summed E-state index contributed by atoms with van der Waals surface area (Å²) in [6, 6.07) is 7.09. The van der Waals surface area contributed by atoms with Gasteiger partial charge in [-0.1, -0.05) is 12.1 Å². The van der Waals surface area contributed by atoms with Crippen molar-refractivity contribution in [1.29, 1.82) is 0 Å². The first-order valence-corrected chi connectivity index (χ1v) is 10.1. The number of allylic oxidation sites excluding steroid dienone is 1. The fraction of sp³-hybridized carbons (Fsp3) is 0.381. The van der Waals surface area contributed by atoms with Crippen LogP contribution in [-0.4, -0.2) is 47.9 Å². The summed E-state index contributed by atoms with van der Waals surface area (Å²) in [6.45, 7) is 3.45. The van der Waals surface area contributed by atoms with Gasteiger partial charge >= 0.3 is 0 Å². The van der Waals surface area contributed by atoms with Crippen LogP contribution in [-0.2, 0) is 4.79 Å². The monoisotopic (exact) mass is 393 g/mol. The third-order valence-electron chi connectivity index (χ3n) is 4.84. The van der Waals surface area contributed by atoms with Crippen molar-refractivity contribution in [1.82, 2.24) is 20.4 Å². The highest BCUT2D eigenvalue weighted by molar-refractivity contribution is 6.35. The van der Waals surface area contributed by atoms with E-state index < -0.39 is 0 Å². The molecule has 0 radical (unpaired) electrons. The number of aromatic nitrogens is 2. The first kappa shape index (κ1) is 20.7. The smallest absolute Gasteiger partial charge is 0.223 e. The fourth-order valence-electron chi connectivity index (χ4n) is 2.95. The molecule has 8 heteroatoms. The molecule has 1 saturated carbocycles. The summed E-state index contributed by atoms with van der Waals surface area (Å²) in [7, 11) is 1.96. The van der Waals surface area contributed by atoms with E-state index in [1.54, 1.807) is 29.2 Å². The largest absolute Gasteiger partial charge is 0.507 e. The molecule has 0 unspecified atom stereocenters. The van der Waals surface area contributed by atoms with Crippen LogP contribution in [0.1, 0.15) is 38.2 Å².